The largest absolute Gasteiger partial charge is 0.481 e. The van der Waals surface area contributed by atoms with E-state index < -0.39 is 5.97 Å². The molecule has 1 N–H and O–H groups in total. The third-order valence-corrected chi connectivity index (χ3v) is 7.57. The summed E-state index contributed by atoms with van der Waals surface area (Å²) in [4.78, 5) is 23.2. The molecule has 0 aliphatic carbocycles. The topological polar surface area (TPSA) is 63.6 Å². The molecular formula is C38H66O4. The lowest BCUT2D eigenvalue weighted by Gasteiger charge is -2.18. The fraction of sp³-hybridized carbons (Fsp3) is 0.737. The highest BCUT2D eigenvalue weighted by Gasteiger charge is 2.14. The van der Waals surface area contributed by atoms with Gasteiger partial charge in [-0.15, -0.1) is 0 Å². The van der Waals surface area contributed by atoms with E-state index in [1.807, 2.05) is 0 Å². The van der Waals surface area contributed by atoms with Crippen LogP contribution in [-0.4, -0.2) is 23.1 Å². The number of carboxylic acids is 1. The van der Waals surface area contributed by atoms with Crippen LogP contribution in [-0.2, 0) is 14.3 Å². The Bertz CT molecular complexity index is 719. The van der Waals surface area contributed by atoms with Crippen molar-refractivity contribution in [1.29, 1.82) is 0 Å². The third kappa shape index (κ3) is 32.4. The fourth-order valence-electron chi connectivity index (χ4n) is 5.00. The molecule has 0 aliphatic rings. The minimum atomic E-state index is -0.707. The van der Waals surface area contributed by atoms with Crippen LogP contribution in [0.5, 0.6) is 0 Å². The van der Waals surface area contributed by atoms with Gasteiger partial charge in [0.05, 0.1) is 0 Å². The molecule has 242 valence electrons. The molecule has 0 bridgehead atoms. The first-order valence-electron chi connectivity index (χ1n) is 17.6. The average molecular weight is 587 g/mol. The number of hydrogen-bond acceptors (Lipinski definition) is 3. The van der Waals surface area contributed by atoms with Crippen LogP contribution in [0.4, 0.5) is 0 Å². The lowest BCUT2D eigenvalue weighted by molar-refractivity contribution is -0.150. The molecule has 0 aliphatic heterocycles. The van der Waals surface area contributed by atoms with Crippen LogP contribution in [0, 0.1) is 0 Å². The Morgan fingerprint density at radius 2 is 1.00 bits per heavy atom. The van der Waals surface area contributed by atoms with Crippen molar-refractivity contribution in [1.82, 2.24) is 0 Å². The average Bonchev–Trinajstić information content (AvgIpc) is 2.97. The number of carboxylic acid groups (broad SMARTS) is 1. The second-order valence-corrected chi connectivity index (χ2v) is 11.7. The molecule has 0 amide bonds. The van der Waals surface area contributed by atoms with E-state index in [1.54, 1.807) is 0 Å². The van der Waals surface area contributed by atoms with Gasteiger partial charge in [-0.25, -0.2) is 0 Å². The van der Waals surface area contributed by atoms with Gasteiger partial charge in [-0.3, -0.25) is 9.59 Å². The quantitative estimate of drug-likeness (QED) is 0.0498. The number of aliphatic carboxylic acids is 1. The number of carbonyl (C=O) groups excluding carboxylic acids is 1. The van der Waals surface area contributed by atoms with Crippen molar-refractivity contribution < 1.29 is 19.4 Å². The predicted octanol–water partition coefficient (Wildman–Crippen LogP) is 12.0. The first kappa shape index (κ1) is 39.9. The van der Waals surface area contributed by atoms with Crippen LogP contribution in [0.2, 0.25) is 0 Å². The monoisotopic (exact) mass is 586 g/mol. The number of carbonyl (C=O) groups is 2. The van der Waals surface area contributed by atoms with Gasteiger partial charge in [0.25, 0.3) is 0 Å². The molecule has 1 unspecified atom stereocenters. The normalized spacial score (nSPS) is 12.8. The van der Waals surface area contributed by atoms with Gasteiger partial charge in [0, 0.05) is 12.8 Å². The van der Waals surface area contributed by atoms with E-state index in [0.717, 1.165) is 96.3 Å². The van der Waals surface area contributed by atoms with E-state index in [9.17, 15) is 9.59 Å². The number of hydrogen-bond donors (Lipinski definition) is 1. The maximum Gasteiger partial charge on any atom is 0.306 e. The van der Waals surface area contributed by atoms with Crippen LogP contribution in [0.25, 0.3) is 0 Å². The van der Waals surface area contributed by atoms with E-state index >= 15 is 0 Å². The summed E-state index contributed by atoms with van der Waals surface area (Å²) in [7, 11) is 0. The fourth-order valence-corrected chi connectivity index (χ4v) is 5.00. The molecule has 0 aromatic heterocycles. The molecule has 0 aromatic carbocycles. The molecule has 0 aromatic rings. The van der Waals surface area contributed by atoms with Crippen LogP contribution in [0.3, 0.4) is 0 Å². The molecule has 0 rings (SSSR count). The van der Waals surface area contributed by atoms with Crippen molar-refractivity contribution in [2.24, 2.45) is 0 Å². The SMILES string of the molecule is CC/C=C\C/C=C\C/C=C\C/C=C\CCCCC(=O)OC(CCCCCCCCCCC)CCCCCCCC(=O)O. The highest BCUT2D eigenvalue weighted by atomic mass is 16.5. The molecule has 4 nitrogen and oxygen atoms in total. The lowest BCUT2D eigenvalue weighted by atomic mass is 10.0. The number of ether oxygens (including phenoxy) is 1. The zero-order valence-electron chi connectivity index (χ0n) is 27.5. The molecule has 1 atom stereocenters. The van der Waals surface area contributed by atoms with Crippen molar-refractivity contribution in [3.8, 4) is 0 Å². The zero-order valence-corrected chi connectivity index (χ0v) is 27.5. The summed E-state index contributed by atoms with van der Waals surface area (Å²) < 4.78 is 5.95. The van der Waals surface area contributed by atoms with E-state index in [-0.39, 0.29) is 18.5 Å². The van der Waals surface area contributed by atoms with E-state index in [1.165, 1.54) is 51.4 Å². The molecule has 0 fully saturated rings. The Morgan fingerprint density at radius 1 is 0.548 bits per heavy atom. The van der Waals surface area contributed by atoms with Gasteiger partial charge < -0.3 is 9.84 Å². The van der Waals surface area contributed by atoms with Crippen LogP contribution >= 0.6 is 0 Å². The second kappa shape index (κ2) is 33.4. The molecule has 42 heavy (non-hydrogen) atoms. The number of unbranched alkanes of at least 4 members (excludes halogenated alkanes) is 14. The summed E-state index contributed by atoms with van der Waals surface area (Å²) in [5, 5.41) is 8.78. The van der Waals surface area contributed by atoms with Crippen LogP contribution in [0.15, 0.2) is 48.6 Å². The minimum Gasteiger partial charge on any atom is -0.481 e. The van der Waals surface area contributed by atoms with Crippen molar-refractivity contribution in [2.45, 2.75) is 180 Å². The highest BCUT2D eigenvalue weighted by Crippen LogP contribution is 2.18. The standard InChI is InChI=1S/C38H66O4/c1-3-5-7-9-11-13-14-15-16-17-18-20-22-27-31-35-38(41)42-36(33-29-25-23-26-30-34-37(39)40)32-28-24-21-19-12-10-8-6-4-2/h5,7,11,13,15-16,18,20,36H,3-4,6,8-10,12,14,17,19,21-35H2,1-2H3,(H,39,40)/b7-5-,13-11-,16-15-,20-18-. The lowest BCUT2D eigenvalue weighted by Crippen LogP contribution is -2.18. The summed E-state index contributed by atoms with van der Waals surface area (Å²) in [6.07, 6.45) is 44.0. The van der Waals surface area contributed by atoms with Gasteiger partial charge >= 0.3 is 11.9 Å². The van der Waals surface area contributed by atoms with Gasteiger partial charge in [-0.1, -0.05) is 133 Å². The highest BCUT2D eigenvalue weighted by molar-refractivity contribution is 5.69. The summed E-state index contributed by atoms with van der Waals surface area (Å²) in [6, 6.07) is 0. The van der Waals surface area contributed by atoms with Crippen molar-refractivity contribution in [3.05, 3.63) is 48.6 Å². The van der Waals surface area contributed by atoms with Gasteiger partial charge in [-0.2, -0.15) is 0 Å². The van der Waals surface area contributed by atoms with E-state index in [4.69, 9.17) is 9.84 Å². The Hall–Kier alpha value is -2.10. The summed E-state index contributed by atoms with van der Waals surface area (Å²) in [5.74, 6) is -0.746. The van der Waals surface area contributed by atoms with E-state index in [0.29, 0.717) is 6.42 Å². The summed E-state index contributed by atoms with van der Waals surface area (Å²) >= 11 is 0. The van der Waals surface area contributed by atoms with Gasteiger partial charge in [-0.05, 0) is 77.0 Å². The van der Waals surface area contributed by atoms with Gasteiger partial charge in [0.2, 0.25) is 0 Å². The Morgan fingerprint density at radius 3 is 1.52 bits per heavy atom. The van der Waals surface area contributed by atoms with Gasteiger partial charge in [0.15, 0.2) is 0 Å². The molecule has 0 radical (unpaired) electrons. The first-order chi connectivity index (χ1) is 20.6. The molecule has 0 saturated carbocycles. The molecule has 4 heteroatoms. The van der Waals surface area contributed by atoms with Crippen molar-refractivity contribution in [3.63, 3.8) is 0 Å². The van der Waals surface area contributed by atoms with E-state index in [2.05, 4.69) is 62.5 Å². The summed E-state index contributed by atoms with van der Waals surface area (Å²) in [5.41, 5.74) is 0. The van der Waals surface area contributed by atoms with Gasteiger partial charge in [0.1, 0.15) is 6.10 Å². The Kier molecular flexibility index (Phi) is 31.7. The molecule has 0 spiro atoms. The Balaban J connectivity index is 4.13. The minimum absolute atomic E-state index is 0.0374. The van der Waals surface area contributed by atoms with Crippen LogP contribution in [0.1, 0.15) is 174 Å². The molecule has 0 heterocycles. The first-order valence-corrected chi connectivity index (χ1v) is 17.6. The second-order valence-electron chi connectivity index (χ2n) is 11.7. The summed E-state index contributed by atoms with van der Waals surface area (Å²) in [6.45, 7) is 4.41. The van der Waals surface area contributed by atoms with Crippen molar-refractivity contribution in [2.75, 3.05) is 0 Å². The number of esters is 1. The molecule has 0 saturated heterocycles. The smallest absolute Gasteiger partial charge is 0.306 e. The van der Waals surface area contributed by atoms with Crippen LogP contribution < -0.4 is 0 Å². The predicted molar refractivity (Wildman–Crippen MR) is 181 cm³/mol. The third-order valence-electron chi connectivity index (χ3n) is 7.57. The maximum atomic E-state index is 12.6. The molecular weight excluding hydrogens is 520 g/mol. The number of allylic oxidation sites excluding steroid dienone is 8. The number of rotatable bonds is 31. The van der Waals surface area contributed by atoms with Crippen molar-refractivity contribution >= 4 is 11.9 Å². The zero-order chi connectivity index (χ0) is 30.8. The Labute approximate surface area is 260 Å². The maximum absolute atomic E-state index is 12.6.